The molecule has 11 heteroatoms. The topological polar surface area (TPSA) is 123 Å². The summed E-state index contributed by atoms with van der Waals surface area (Å²) in [5.41, 5.74) is 1.98. The SMILES string of the molecule is CCc1[nH]c(C(=O)N[C@H]2CCN(c3nc4cccc(C(=O)OC)c4o3)C[C@H]2OC)nc1Cl. The molecule has 0 radical (unpaired) electrons. The number of carbonyl (C=O) groups is 2. The average Bonchev–Trinajstić information content (AvgIpc) is 3.41. The van der Waals surface area contributed by atoms with E-state index in [0.29, 0.717) is 53.8 Å². The summed E-state index contributed by atoms with van der Waals surface area (Å²) >= 11 is 6.05. The number of esters is 1. The van der Waals surface area contributed by atoms with Crippen molar-refractivity contribution >= 4 is 40.6 Å². The minimum Gasteiger partial charge on any atom is -0.465 e. The number of anilines is 1. The number of aromatic amines is 1. The molecule has 3 aromatic rings. The van der Waals surface area contributed by atoms with Gasteiger partial charge < -0.3 is 29.1 Å². The molecule has 1 aliphatic heterocycles. The number of rotatable bonds is 6. The third-order valence-corrected chi connectivity index (χ3v) is 5.87. The van der Waals surface area contributed by atoms with E-state index in [9.17, 15) is 9.59 Å². The summed E-state index contributed by atoms with van der Waals surface area (Å²) in [5, 5.41) is 3.28. The third kappa shape index (κ3) is 4.15. The Morgan fingerprint density at radius 1 is 1.34 bits per heavy atom. The van der Waals surface area contributed by atoms with Gasteiger partial charge in [0.1, 0.15) is 11.1 Å². The molecule has 0 spiro atoms. The van der Waals surface area contributed by atoms with E-state index in [0.717, 1.165) is 5.69 Å². The van der Waals surface area contributed by atoms with Crippen molar-refractivity contribution < 1.29 is 23.5 Å². The Balaban J connectivity index is 1.48. The Hall–Kier alpha value is -3.11. The van der Waals surface area contributed by atoms with E-state index in [-0.39, 0.29) is 23.9 Å². The Morgan fingerprint density at radius 2 is 2.16 bits per heavy atom. The summed E-state index contributed by atoms with van der Waals surface area (Å²) in [4.78, 5) is 38.2. The van der Waals surface area contributed by atoms with Crippen LogP contribution in [0.2, 0.25) is 5.15 Å². The molecule has 3 heterocycles. The molecule has 1 saturated heterocycles. The van der Waals surface area contributed by atoms with Gasteiger partial charge in [0.15, 0.2) is 16.6 Å². The zero-order valence-corrected chi connectivity index (χ0v) is 18.7. The molecule has 1 fully saturated rings. The molecule has 10 nitrogen and oxygen atoms in total. The van der Waals surface area contributed by atoms with E-state index in [1.54, 1.807) is 25.3 Å². The number of H-pyrrole nitrogens is 1. The fraction of sp³-hybridized carbons (Fsp3) is 0.429. The highest BCUT2D eigenvalue weighted by Crippen LogP contribution is 2.28. The van der Waals surface area contributed by atoms with Gasteiger partial charge in [0, 0.05) is 13.7 Å². The van der Waals surface area contributed by atoms with Gasteiger partial charge in [-0.05, 0) is 25.0 Å². The van der Waals surface area contributed by atoms with Crippen molar-refractivity contribution in [2.24, 2.45) is 0 Å². The van der Waals surface area contributed by atoms with Crippen molar-refractivity contribution in [2.75, 3.05) is 32.2 Å². The summed E-state index contributed by atoms with van der Waals surface area (Å²) in [5.74, 6) is -0.645. The molecule has 0 aliphatic carbocycles. The van der Waals surface area contributed by atoms with Gasteiger partial charge >= 0.3 is 5.97 Å². The van der Waals surface area contributed by atoms with E-state index in [4.69, 9.17) is 25.5 Å². The van der Waals surface area contributed by atoms with E-state index in [1.165, 1.54) is 7.11 Å². The van der Waals surface area contributed by atoms with Crippen LogP contribution in [0.15, 0.2) is 22.6 Å². The van der Waals surface area contributed by atoms with E-state index < -0.39 is 5.97 Å². The second-order valence-corrected chi connectivity index (χ2v) is 7.80. The lowest BCUT2D eigenvalue weighted by Crippen LogP contribution is -2.55. The Morgan fingerprint density at radius 3 is 2.84 bits per heavy atom. The number of ether oxygens (including phenoxy) is 2. The summed E-state index contributed by atoms with van der Waals surface area (Å²) in [6.45, 7) is 2.95. The number of amides is 1. The fourth-order valence-corrected chi connectivity index (χ4v) is 4.07. The number of oxazole rings is 1. The maximum absolute atomic E-state index is 12.6. The summed E-state index contributed by atoms with van der Waals surface area (Å²) < 4.78 is 16.4. The molecule has 32 heavy (non-hydrogen) atoms. The second-order valence-electron chi connectivity index (χ2n) is 7.44. The first-order chi connectivity index (χ1) is 15.4. The minimum absolute atomic E-state index is 0.179. The van der Waals surface area contributed by atoms with Gasteiger partial charge in [-0.15, -0.1) is 0 Å². The molecule has 2 aromatic heterocycles. The molecule has 0 unspecified atom stereocenters. The maximum atomic E-state index is 12.6. The van der Waals surface area contributed by atoms with Gasteiger partial charge in [0.05, 0.1) is 31.5 Å². The predicted molar refractivity (Wildman–Crippen MR) is 117 cm³/mol. The summed E-state index contributed by atoms with van der Waals surface area (Å²) in [6, 6.07) is 5.29. The highest BCUT2D eigenvalue weighted by atomic mass is 35.5. The smallest absolute Gasteiger partial charge is 0.341 e. The van der Waals surface area contributed by atoms with Crippen molar-refractivity contribution in [1.29, 1.82) is 0 Å². The first kappa shape index (κ1) is 22.1. The quantitative estimate of drug-likeness (QED) is 0.537. The van der Waals surface area contributed by atoms with Gasteiger partial charge in [-0.3, -0.25) is 4.79 Å². The van der Waals surface area contributed by atoms with Crippen LogP contribution >= 0.6 is 11.6 Å². The van der Waals surface area contributed by atoms with Crippen LogP contribution < -0.4 is 10.2 Å². The van der Waals surface area contributed by atoms with Gasteiger partial charge in [-0.25, -0.2) is 9.78 Å². The molecule has 0 saturated carbocycles. The monoisotopic (exact) mass is 461 g/mol. The number of para-hydroxylation sites is 1. The third-order valence-electron chi connectivity index (χ3n) is 5.55. The number of hydrogen-bond acceptors (Lipinski definition) is 8. The van der Waals surface area contributed by atoms with Crippen molar-refractivity contribution in [1.82, 2.24) is 20.3 Å². The van der Waals surface area contributed by atoms with Crippen molar-refractivity contribution in [3.05, 3.63) is 40.4 Å². The van der Waals surface area contributed by atoms with Crippen LogP contribution in [0.1, 0.15) is 40.0 Å². The number of nitrogens with zero attached hydrogens (tertiary/aromatic N) is 3. The number of aryl methyl sites for hydroxylation is 1. The van der Waals surface area contributed by atoms with Gasteiger partial charge in [0.2, 0.25) is 0 Å². The molecular weight excluding hydrogens is 438 g/mol. The minimum atomic E-state index is -0.487. The van der Waals surface area contributed by atoms with E-state index in [1.807, 2.05) is 11.8 Å². The average molecular weight is 462 g/mol. The summed E-state index contributed by atoms with van der Waals surface area (Å²) in [7, 11) is 2.91. The Labute approximate surface area is 189 Å². The Kier molecular flexibility index (Phi) is 6.33. The van der Waals surface area contributed by atoms with Gasteiger partial charge in [-0.2, -0.15) is 4.98 Å². The van der Waals surface area contributed by atoms with Gasteiger partial charge in [-0.1, -0.05) is 24.6 Å². The van der Waals surface area contributed by atoms with Crippen molar-refractivity contribution in [2.45, 2.75) is 31.9 Å². The highest BCUT2D eigenvalue weighted by molar-refractivity contribution is 6.30. The zero-order valence-electron chi connectivity index (χ0n) is 18.0. The predicted octanol–water partition coefficient (Wildman–Crippen LogP) is 2.58. The van der Waals surface area contributed by atoms with Crippen LogP contribution in [-0.2, 0) is 15.9 Å². The molecule has 1 aliphatic rings. The number of halogens is 1. The normalized spacial score (nSPS) is 18.7. The molecule has 4 rings (SSSR count). The van der Waals surface area contributed by atoms with Crippen LogP contribution in [-0.4, -0.2) is 66.3 Å². The van der Waals surface area contributed by atoms with Crippen LogP contribution in [0.3, 0.4) is 0 Å². The lowest BCUT2D eigenvalue weighted by Gasteiger charge is -2.37. The molecular formula is C21H24ClN5O5. The zero-order chi connectivity index (χ0) is 22.8. The number of nitrogens with one attached hydrogen (secondary N) is 2. The number of benzene rings is 1. The maximum Gasteiger partial charge on any atom is 0.341 e. The highest BCUT2D eigenvalue weighted by Gasteiger charge is 2.33. The number of hydrogen-bond donors (Lipinski definition) is 2. The number of aromatic nitrogens is 3. The molecule has 170 valence electrons. The number of imidazole rings is 1. The molecule has 1 amide bonds. The number of methoxy groups -OCH3 is 2. The second kappa shape index (κ2) is 9.17. The fourth-order valence-electron chi connectivity index (χ4n) is 3.80. The lowest BCUT2D eigenvalue weighted by molar-refractivity contribution is 0.0530. The number of carbonyl (C=O) groups excluding carboxylic acids is 2. The standard InChI is InChI=1S/C21H24ClN5O5/c1-4-12-17(22)26-18(23-12)19(28)24-13-8-9-27(10-15(13)30-2)21-25-14-7-5-6-11(16(14)32-21)20(29)31-3/h5-7,13,15H,4,8-10H2,1-3H3,(H,23,26)(H,24,28)/t13-,15+/m0/s1. The lowest BCUT2D eigenvalue weighted by atomic mass is 10.0. The molecule has 2 N–H and O–H groups in total. The van der Waals surface area contributed by atoms with Gasteiger partial charge in [0.25, 0.3) is 11.9 Å². The summed E-state index contributed by atoms with van der Waals surface area (Å²) in [6.07, 6.45) is 0.946. The van der Waals surface area contributed by atoms with Crippen molar-refractivity contribution in [3.63, 3.8) is 0 Å². The largest absolute Gasteiger partial charge is 0.465 e. The number of piperidine rings is 1. The van der Waals surface area contributed by atoms with Crippen LogP contribution in [0.4, 0.5) is 6.01 Å². The van der Waals surface area contributed by atoms with Crippen LogP contribution in [0, 0.1) is 0 Å². The molecule has 1 aromatic carbocycles. The molecule has 2 atom stereocenters. The van der Waals surface area contributed by atoms with E-state index >= 15 is 0 Å². The first-order valence-corrected chi connectivity index (χ1v) is 10.6. The number of fused-ring (bicyclic) bond motifs is 1. The van der Waals surface area contributed by atoms with Crippen LogP contribution in [0.5, 0.6) is 0 Å². The first-order valence-electron chi connectivity index (χ1n) is 10.3. The van der Waals surface area contributed by atoms with E-state index in [2.05, 4.69) is 20.3 Å². The Bertz CT molecular complexity index is 1140. The van der Waals surface area contributed by atoms with Crippen molar-refractivity contribution in [3.8, 4) is 0 Å². The molecule has 0 bridgehead atoms. The van der Waals surface area contributed by atoms with Crippen LogP contribution in [0.25, 0.3) is 11.1 Å².